The maximum Gasteiger partial charge on any atom is 0.248 e. The minimum Gasteiger partial charge on any atom is -0.456 e. The van der Waals surface area contributed by atoms with Crippen LogP contribution in [0.15, 0.2) is 48.8 Å². The highest BCUT2D eigenvalue weighted by atomic mass is 19.1. The Labute approximate surface area is 159 Å². The molecule has 4 aromatic rings. The van der Waals surface area contributed by atoms with Gasteiger partial charge in [-0.25, -0.2) is 9.67 Å². The molecule has 0 aliphatic heterocycles. The van der Waals surface area contributed by atoms with Crippen LogP contribution in [0.25, 0.3) is 22.3 Å². The molecule has 3 aromatic heterocycles. The lowest BCUT2D eigenvalue weighted by atomic mass is 10.0. The van der Waals surface area contributed by atoms with Crippen molar-refractivity contribution in [2.24, 2.45) is 12.8 Å². The zero-order chi connectivity index (χ0) is 19.8. The van der Waals surface area contributed by atoms with Crippen LogP contribution in [-0.2, 0) is 7.05 Å². The van der Waals surface area contributed by atoms with Gasteiger partial charge >= 0.3 is 0 Å². The first-order valence-electron chi connectivity index (χ1n) is 8.45. The smallest absolute Gasteiger partial charge is 0.248 e. The molecule has 0 saturated carbocycles. The highest BCUT2D eigenvalue weighted by Gasteiger charge is 2.12. The van der Waals surface area contributed by atoms with Gasteiger partial charge in [-0.3, -0.25) is 9.78 Å². The molecule has 1 aromatic carbocycles. The fourth-order valence-electron chi connectivity index (χ4n) is 3.00. The van der Waals surface area contributed by atoms with Gasteiger partial charge < -0.3 is 10.5 Å². The summed E-state index contributed by atoms with van der Waals surface area (Å²) in [6, 6.07) is 10.3. The van der Waals surface area contributed by atoms with Gasteiger partial charge in [-0.15, -0.1) is 5.10 Å². The molecule has 0 radical (unpaired) electrons. The Balaban J connectivity index is 1.65. The number of primary amides is 1. The van der Waals surface area contributed by atoms with Crippen LogP contribution in [0.4, 0.5) is 4.39 Å². The average molecular weight is 377 g/mol. The molecule has 4 rings (SSSR count). The number of aromatic nitrogens is 4. The molecular weight excluding hydrogens is 361 g/mol. The lowest BCUT2D eigenvalue weighted by Gasteiger charge is -2.09. The van der Waals surface area contributed by atoms with Crippen molar-refractivity contribution in [3.63, 3.8) is 0 Å². The molecule has 0 saturated heterocycles. The zero-order valence-electron chi connectivity index (χ0n) is 15.2. The number of hydrogen-bond acceptors (Lipinski definition) is 5. The van der Waals surface area contributed by atoms with Gasteiger partial charge in [-0.05, 0) is 36.8 Å². The highest BCUT2D eigenvalue weighted by Crippen LogP contribution is 2.28. The quantitative estimate of drug-likeness (QED) is 0.588. The fourth-order valence-corrected chi connectivity index (χ4v) is 3.00. The number of aryl methyl sites for hydroxylation is 2. The monoisotopic (exact) mass is 377 g/mol. The van der Waals surface area contributed by atoms with Gasteiger partial charge in [0, 0.05) is 30.4 Å². The van der Waals surface area contributed by atoms with Gasteiger partial charge in [0.05, 0.1) is 17.3 Å². The van der Waals surface area contributed by atoms with Crippen molar-refractivity contribution < 1.29 is 13.9 Å². The van der Waals surface area contributed by atoms with E-state index in [0.29, 0.717) is 28.4 Å². The summed E-state index contributed by atoms with van der Waals surface area (Å²) in [5.74, 6) is -0.167. The summed E-state index contributed by atoms with van der Waals surface area (Å²) < 4.78 is 21.1. The molecule has 0 unspecified atom stereocenters. The molecule has 1 amide bonds. The lowest BCUT2D eigenvalue weighted by molar-refractivity contribution is 0.0999. The second kappa shape index (κ2) is 6.73. The molecule has 0 bridgehead atoms. The fraction of sp³-hybridized carbons (Fsp3) is 0.100. The number of carbonyl (C=O) groups is 1. The number of carbonyl (C=O) groups excluding carboxylic acids is 1. The van der Waals surface area contributed by atoms with E-state index in [1.807, 2.05) is 13.0 Å². The van der Waals surface area contributed by atoms with Gasteiger partial charge in [0.1, 0.15) is 11.5 Å². The van der Waals surface area contributed by atoms with Crippen molar-refractivity contribution in [2.45, 2.75) is 6.92 Å². The van der Waals surface area contributed by atoms with Crippen LogP contribution in [0.3, 0.4) is 0 Å². The number of benzene rings is 1. The van der Waals surface area contributed by atoms with E-state index in [9.17, 15) is 9.18 Å². The molecule has 2 N–H and O–H groups in total. The third-order valence-electron chi connectivity index (χ3n) is 4.36. The maximum atomic E-state index is 13.9. The zero-order valence-corrected chi connectivity index (χ0v) is 15.2. The van der Waals surface area contributed by atoms with Gasteiger partial charge in [0.25, 0.3) is 0 Å². The molecule has 140 valence electrons. The lowest BCUT2D eigenvalue weighted by Crippen LogP contribution is -2.12. The van der Waals surface area contributed by atoms with E-state index in [2.05, 4.69) is 15.1 Å². The summed E-state index contributed by atoms with van der Waals surface area (Å²) in [6.45, 7) is 1.81. The Morgan fingerprint density at radius 3 is 2.71 bits per heavy atom. The van der Waals surface area contributed by atoms with Crippen molar-refractivity contribution in [2.75, 3.05) is 0 Å². The van der Waals surface area contributed by atoms with E-state index in [1.54, 1.807) is 43.6 Å². The van der Waals surface area contributed by atoms with Crippen molar-refractivity contribution in [3.8, 4) is 22.8 Å². The Kier molecular flexibility index (Phi) is 4.23. The van der Waals surface area contributed by atoms with Gasteiger partial charge in [-0.1, -0.05) is 6.07 Å². The van der Waals surface area contributed by atoms with E-state index in [-0.39, 0.29) is 5.39 Å². The highest BCUT2D eigenvalue weighted by molar-refractivity contribution is 5.94. The molecule has 0 fully saturated rings. The van der Waals surface area contributed by atoms with Crippen LogP contribution in [0, 0.1) is 12.9 Å². The van der Waals surface area contributed by atoms with Crippen LogP contribution in [-0.4, -0.2) is 25.7 Å². The molecule has 28 heavy (non-hydrogen) atoms. The number of hydrogen-bond donors (Lipinski definition) is 1. The number of pyridine rings is 2. The number of nitrogens with zero attached hydrogens (tertiary/aromatic N) is 4. The second-order valence-electron chi connectivity index (χ2n) is 6.33. The number of nitrogens with two attached hydrogens (primary N) is 1. The summed E-state index contributed by atoms with van der Waals surface area (Å²) in [5, 5.41) is 3.99. The van der Waals surface area contributed by atoms with Crippen molar-refractivity contribution in [1.82, 2.24) is 19.7 Å². The standard InChI is InChI=1S/C20H16FN5O2/c1-11-7-12(3-4-15(11)19(22)27)17-9-13(5-6-23-17)28-14-8-16-18(21)25-26(2)20(16)24-10-14/h3-10H,1-2H3,(H2,22,27). The van der Waals surface area contributed by atoms with Crippen LogP contribution in [0.1, 0.15) is 15.9 Å². The summed E-state index contributed by atoms with van der Waals surface area (Å²) in [6.07, 6.45) is 3.12. The minimum absolute atomic E-state index is 0.284. The Bertz CT molecular complexity index is 1220. The molecule has 0 aliphatic carbocycles. The summed E-state index contributed by atoms with van der Waals surface area (Å²) in [7, 11) is 1.62. The van der Waals surface area contributed by atoms with E-state index in [1.165, 1.54) is 10.9 Å². The number of ether oxygens (including phenoxy) is 1. The maximum absolute atomic E-state index is 13.9. The molecule has 7 nitrogen and oxygen atoms in total. The molecule has 3 heterocycles. The van der Waals surface area contributed by atoms with Crippen LogP contribution in [0.2, 0.25) is 0 Å². The predicted molar refractivity (Wildman–Crippen MR) is 101 cm³/mol. The minimum atomic E-state index is -0.601. The first-order chi connectivity index (χ1) is 13.4. The van der Waals surface area contributed by atoms with Gasteiger partial charge in [0.15, 0.2) is 5.65 Å². The van der Waals surface area contributed by atoms with E-state index in [0.717, 1.165) is 11.1 Å². The van der Waals surface area contributed by atoms with Crippen molar-refractivity contribution >= 4 is 16.9 Å². The van der Waals surface area contributed by atoms with Gasteiger partial charge in [-0.2, -0.15) is 4.39 Å². The second-order valence-corrected chi connectivity index (χ2v) is 6.33. The molecule has 0 spiro atoms. The van der Waals surface area contributed by atoms with E-state index >= 15 is 0 Å². The number of fused-ring (bicyclic) bond motifs is 1. The third kappa shape index (κ3) is 3.16. The predicted octanol–water partition coefficient (Wildman–Crippen LogP) is 3.37. The number of rotatable bonds is 4. The normalized spacial score (nSPS) is 11.0. The van der Waals surface area contributed by atoms with Crippen LogP contribution < -0.4 is 10.5 Å². The molecule has 0 atom stereocenters. The average Bonchev–Trinajstić information content (AvgIpc) is 2.95. The molecular formula is C20H16FN5O2. The van der Waals surface area contributed by atoms with E-state index in [4.69, 9.17) is 10.5 Å². The summed E-state index contributed by atoms with van der Waals surface area (Å²) in [4.78, 5) is 19.9. The van der Waals surface area contributed by atoms with Crippen LogP contribution >= 0.6 is 0 Å². The largest absolute Gasteiger partial charge is 0.456 e. The Morgan fingerprint density at radius 1 is 1.14 bits per heavy atom. The van der Waals surface area contributed by atoms with Crippen molar-refractivity contribution in [1.29, 1.82) is 0 Å². The van der Waals surface area contributed by atoms with Gasteiger partial charge in [0.2, 0.25) is 11.9 Å². The third-order valence-corrected chi connectivity index (χ3v) is 4.36. The number of amides is 1. The number of halogens is 1. The topological polar surface area (TPSA) is 95.9 Å². The Hall–Kier alpha value is -3.81. The molecule has 0 aliphatic rings. The van der Waals surface area contributed by atoms with E-state index < -0.39 is 11.9 Å². The SMILES string of the molecule is Cc1cc(-c2cc(Oc3cnc4c(c3)c(F)nn4C)ccn2)ccc1C(N)=O. The molecule has 8 heteroatoms. The first kappa shape index (κ1) is 17.6. The first-order valence-corrected chi connectivity index (χ1v) is 8.45. The van der Waals surface area contributed by atoms with Crippen LogP contribution in [0.5, 0.6) is 11.5 Å². The Morgan fingerprint density at radius 2 is 1.96 bits per heavy atom. The van der Waals surface area contributed by atoms with Crippen molar-refractivity contribution in [3.05, 3.63) is 65.9 Å². The summed E-state index contributed by atoms with van der Waals surface area (Å²) in [5.41, 5.74) is 8.50. The summed E-state index contributed by atoms with van der Waals surface area (Å²) >= 11 is 0.